The van der Waals surface area contributed by atoms with Crippen LogP contribution in [0, 0.1) is 0 Å². The Morgan fingerprint density at radius 2 is 1.80 bits per heavy atom. The second-order valence-corrected chi connectivity index (χ2v) is 3.85. The van der Waals surface area contributed by atoms with E-state index >= 15 is 0 Å². The third-order valence-electron chi connectivity index (χ3n) is 2.42. The maximum Gasteiger partial charge on any atom is 0.264 e. The van der Waals surface area contributed by atoms with E-state index in [1.54, 1.807) is 18.2 Å². The summed E-state index contributed by atoms with van der Waals surface area (Å²) in [6.45, 7) is 0. The number of halogens is 3. The van der Waals surface area contributed by atoms with E-state index in [0.717, 1.165) is 5.39 Å². The molecule has 0 nitrogen and oxygen atoms in total. The first-order valence-corrected chi connectivity index (χ1v) is 5.71. The van der Waals surface area contributed by atoms with E-state index in [4.69, 9.17) is 0 Å². The lowest BCUT2D eigenvalue weighted by Crippen LogP contribution is -1.93. The monoisotopic (exact) mass is 270 g/mol. The fourth-order valence-electron chi connectivity index (χ4n) is 1.71. The molecule has 0 saturated carbocycles. The van der Waals surface area contributed by atoms with Gasteiger partial charge in [0.2, 0.25) is 0 Å². The molecule has 0 radical (unpaired) electrons. The van der Waals surface area contributed by atoms with Crippen LogP contribution in [-0.4, -0.2) is 0 Å². The van der Waals surface area contributed by atoms with Crippen molar-refractivity contribution in [2.45, 2.75) is 11.8 Å². The van der Waals surface area contributed by atoms with Crippen LogP contribution < -0.4 is 0 Å². The van der Waals surface area contributed by atoms with E-state index in [-0.39, 0.29) is 5.56 Å². The van der Waals surface area contributed by atoms with E-state index in [1.807, 2.05) is 18.2 Å². The van der Waals surface area contributed by atoms with Gasteiger partial charge in [0.25, 0.3) is 6.43 Å². The van der Waals surface area contributed by atoms with Gasteiger partial charge in [-0.3, -0.25) is 0 Å². The maximum atomic E-state index is 12.9. The minimum Gasteiger partial charge on any atom is -0.205 e. The Morgan fingerprint density at radius 1 is 1.07 bits per heavy atom. The highest BCUT2D eigenvalue weighted by atomic mass is 79.9. The van der Waals surface area contributed by atoms with Crippen molar-refractivity contribution >= 4 is 26.7 Å². The molecule has 0 atom stereocenters. The van der Waals surface area contributed by atoms with Gasteiger partial charge in [0.15, 0.2) is 0 Å². The first-order chi connectivity index (χ1) is 7.24. The van der Waals surface area contributed by atoms with Crippen molar-refractivity contribution in [1.82, 2.24) is 0 Å². The molecule has 0 heterocycles. The third kappa shape index (κ3) is 1.88. The van der Waals surface area contributed by atoms with Crippen molar-refractivity contribution in [2.75, 3.05) is 0 Å². The van der Waals surface area contributed by atoms with Gasteiger partial charge in [-0.25, -0.2) is 8.78 Å². The SMILES string of the molecule is FC(F)c1c(CBr)ccc2ccccc12. The van der Waals surface area contributed by atoms with Crippen LogP contribution >= 0.6 is 15.9 Å². The van der Waals surface area contributed by atoms with Gasteiger partial charge in [-0.1, -0.05) is 52.3 Å². The zero-order chi connectivity index (χ0) is 10.8. The van der Waals surface area contributed by atoms with Crippen LogP contribution in [0.4, 0.5) is 8.78 Å². The Labute approximate surface area is 95.0 Å². The summed E-state index contributed by atoms with van der Waals surface area (Å²) in [6.07, 6.45) is -2.43. The smallest absolute Gasteiger partial charge is 0.205 e. The molecule has 0 bridgehead atoms. The predicted octanol–water partition coefficient (Wildman–Crippen LogP) is 4.67. The van der Waals surface area contributed by atoms with Gasteiger partial charge in [-0.05, 0) is 16.3 Å². The van der Waals surface area contributed by atoms with Gasteiger partial charge in [-0.15, -0.1) is 0 Å². The van der Waals surface area contributed by atoms with Crippen molar-refractivity contribution in [3.8, 4) is 0 Å². The minimum absolute atomic E-state index is 0.143. The van der Waals surface area contributed by atoms with Crippen LogP contribution in [0.3, 0.4) is 0 Å². The topological polar surface area (TPSA) is 0 Å². The van der Waals surface area contributed by atoms with Crippen molar-refractivity contribution in [3.05, 3.63) is 47.5 Å². The molecular weight excluding hydrogens is 262 g/mol. The molecule has 0 spiro atoms. The molecule has 2 rings (SSSR count). The van der Waals surface area contributed by atoms with Crippen molar-refractivity contribution in [1.29, 1.82) is 0 Å². The highest BCUT2D eigenvalue weighted by Gasteiger charge is 2.15. The molecule has 0 amide bonds. The van der Waals surface area contributed by atoms with Crippen LogP contribution in [-0.2, 0) is 5.33 Å². The molecule has 2 aromatic carbocycles. The summed E-state index contributed by atoms with van der Waals surface area (Å²) in [6, 6.07) is 10.8. The Hall–Kier alpha value is -0.960. The Kier molecular flexibility index (Phi) is 3.00. The van der Waals surface area contributed by atoms with Crippen molar-refractivity contribution in [3.63, 3.8) is 0 Å². The average Bonchev–Trinajstić information content (AvgIpc) is 2.27. The van der Waals surface area contributed by atoms with E-state index in [2.05, 4.69) is 15.9 Å². The van der Waals surface area contributed by atoms with Gasteiger partial charge in [0, 0.05) is 10.9 Å². The molecule has 15 heavy (non-hydrogen) atoms. The van der Waals surface area contributed by atoms with Gasteiger partial charge in [-0.2, -0.15) is 0 Å². The Bertz CT molecular complexity index is 480. The van der Waals surface area contributed by atoms with Crippen molar-refractivity contribution < 1.29 is 8.78 Å². The first kappa shape index (κ1) is 10.6. The molecule has 0 aliphatic heterocycles. The van der Waals surface area contributed by atoms with E-state index in [0.29, 0.717) is 16.3 Å². The number of benzene rings is 2. The second kappa shape index (κ2) is 4.27. The van der Waals surface area contributed by atoms with Gasteiger partial charge in [0.05, 0.1) is 0 Å². The Morgan fingerprint density at radius 3 is 2.47 bits per heavy atom. The lowest BCUT2D eigenvalue weighted by Gasteiger charge is -2.10. The highest BCUT2D eigenvalue weighted by Crippen LogP contribution is 2.32. The molecule has 0 unspecified atom stereocenters. The standard InChI is InChI=1S/C12H9BrF2/c13-7-9-6-5-8-3-1-2-4-10(8)11(9)12(14)15/h1-6,12H,7H2. The summed E-state index contributed by atoms with van der Waals surface area (Å²) in [5.41, 5.74) is 0.800. The predicted molar refractivity (Wildman–Crippen MR) is 61.5 cm³/mol. The lowest BCUT2D eigenvalue weighted by molar-refractivity contribution is 0.152. The molecule has 78 valence electrons. The van der Waals surface area contributed by atoms with Gasteiger partial charge in [0.1, 0.15) is 0 Å². The van der Waals surface area contributed by atoms with Crippen LogP contribution in [0.2, 0.25) is 0 Å². The minimum atomic E-state index is -2.43. The quantitative estimate of drug-likeness (QED) is 0.696. The molecule has 3 heteroatoms. The van der Waals surface area contributed by atoms with Crippen molar-refractivity contribution in [2.24, 2.45) is 0 Å². The largest absolute Gasteiger partial charge is 0.264 e. The van der Waals surface area contributed by atoms with Crippen LogP contribution in [0.1, 0.15) is 17.6 Å². The summed E-state index contributed by atoms with van der Waals surface area (Å²) < 4.78 is 25.8. The van der Waals surface area contributed by atoms with Gasteiger partial charge < -0.3 is 0 Å². The Balaban J connectivity index is 2.79. The molecule has 0 aliphatic rings. The molecule has 0 saturated heterocycles. The normalized spacial score (nSPS) is 11.2. The zero-order valence-electron chi connectivity index (χ0n) is 7.88. The highest BCUT2D eigenvalue weighted by molar-refractivity contribution is 9.08. The van der Waals surface area contributed by atoms with E-state index < -0.39 is 6.43 Å². The first-order valence-electron chi connectivity index (χ1n) is 4.58. The second-order valence-electron chi connectivity index (χ2n) is 3.29. The summed E-state index contributed by atoms with van der Waals surface area (Å²) in [5.74, 6) is 0. The number of hydrogen-bond acceptors (Lipinski definition) is 0. The summed E-state index contributed by atoms with van der Waals surface area (Å²) in [5, 5.41) is 1.96. The molecule has 0 aliphatic carbocycles. The van der Waals surface area contributed by atoms with Gasteiger partial charge >= 0.3 is 0 Å². The molecule has 2 aromatic rings. The fourth-order valence-corrected chi connectivity index (χ4v) is 2.20. The number of rotatable bonds is 2. The fraction of sp³-hybridized carbons (Fsp3) is 0.167. The number of alkyl halides is 3. The van der Waals surface area contributed by atoms with E-state index in [1.165, 1.54) is 0 Å². The van der Waals surface area contributed by atoms with Crippen LogP contribution in [0.25, 0.3) is 10.8 Å². The molecular formula is C12H9BrF2. The number of hydrogen-bond donors (Lipinski definition) is 0. The van der Waals surface area contributed by atoms with E-state index in [9.17, 15) is 8.78 Å². The molecule has 0 N–H and O–H groups in total. The van der Waals surface area contributed by atoms with Crippen LogP contribution in [0.5, 0.6) is 0 Å². The summed E-state index contributed by atoms with van der Waals surface area (Å²) in [4.78, 5) is 0. The average molecular weight is 271 g/mol. The lowest BCUT2D eigenvalue weighted by atomic mass is 10.0. The maximum absolute atomic E-state index is 12.9. The third-order valence-corrected chi connectivity index (χ3v) is 3.03. The molecule has 0 fully saturated rings. The number of fused-ring (bicyclic) bond motifs is 1. The summed E-state index contributed by atoms with van der Waals surface area (Å²) in [7, 11) is 0. The summed E-state index contributed by atoms with van der Waals surface area (Å²) >= 11 is 3.23. The van der Waals surface area contributed by atoms with Crippen LogP contribution in [0.15, 0.2) is 36.4 Å². The molecule has 0 aromatic heterocycles. The zero-order valence-corrected chi connectivity index (χ0v) is 9.47.